The number of benzene rings is 1. The summed E-state index contributed by atoms with van der Waals surface area (Å²) in [6, 6.07) is 8.44. The number of ether oxygens (including phenoxy) is 1. The molecule has 1 atom stereocenters. The van der Waals surface area contributed by atoms with E-state index in [4.69, 9.17) is 21.3 Å². The van der Waals surface area contributed by atoms with Gasteiger partial charge < -0.3 is 19.4 Å². The Morgan fingerprint density at radius 3 is 2.57 bits per heavy atom. The molecule has 0 aliphatic carbocycles. The molecule has 1 aromatic heterocycles. The Morgan fingerprint density at radius 1 is 1.06 bits per heavy atom. The first-order chi connectivity index (χ1) is 17.0. The number of fused-ring (bicyclic) bond motifs is 1. The van der Waals surface area contributed by atoms with Crippen LogP contribution in [0.25, 0.3) is 11.4 Å². The summed E-state index contributed by atoms with van der Waals surface area (Å²) in [6.45, 7) is 7.88. The van der Waals surface area contributed by atoms with Gasteiger partial charge in [0.05, 0.1) is 7.11 Å². The number of hydrogen-bond donors (Lipinski definition) is 0. The molecule has 2 fully saturated rings. The molecule has 188 valence electrons. The van der Waals surface area contributed by atoms with Crippen molar-refractivity contribution in [1.82, 2.24) is 19.8 Å². The van der Waals surface area contributed by atoms with E-state index in [-0.39, 0.29) is 12.0 Å². The van der Waals surface area contributed by atoms with Crippen molar-refractivity contribution in [2.75, 3.05) is 76.3 Å². The number of likely N-dealkylation sites (tertiary alicyclic amines) is 1. The Labute approximate surface area is 212 Å². The van der Waals surface area contributed by atoms with Crippen LogP contribution in [0.1, 0.15) is 24.8 Å². The number of nitrogens with zero attached hydrogens (tertiary/aromatic N) is 6. The fourth-order valence-corrected chi connectivity index (χ4v) is 5.73. The maximum Gasteiger partial charge on any atom is 0.323 e. The Kier molecular flexibility index (Phi) is 7.41. The summed E-state index contributed by atoms with van der Waals surface area (Å²) >= 11 is 6.61. The zero-order valence-corrected chi connectivity index (χ0v) is 21.5. The Bertz CT molecular complexity index is 1040. The first-order valence-corrected chi connectivity index (χ1v) is 13.1. The van der Waals surface area contributed by atoms with Gasteiger partial charge in [0.2, 0.25) is 0 Å². The molecule has 0 saturated carbocycles. The smallest absolute Gasteiger partial charge is 0.323 e. The SMILES string of the molecule is COC(=O)[C@@H]1CCCN1CCCN1CCc2c(Cl)nc(-c3ccc(N4CCN(C)CC4)cc3)nc21. The van der Waals surface area contributed by atoms with Gasteiger partial charge >= 0.3 is 5.97 Å². The molecule has 35 heavy (non-hydrogen) atoms. The molecule has 3 aliphatic heterocycles. The van der Waals surface area contributed by atoms with E-state index in [2.05, 4.69) is 55.9 Å². The number of hydrogen-bond acceptors (Lipinski definition) is 8. The summed E-state index contributed by atoms with van der Waals surface area (Å²) < 4.78 is 4.98. The van der Waals surface area contributed by atoms with Gasteiger partial charge in [-0.05, 0) is 63.5 Å². The second-order valence-corrected chi connectivity index (χ2v) is 10.1. The summed E-state index contributed by atoms with van der Waals surface area (Å²) in [5.74, 6) is 1.52. The number of halogens is 1. The Balaban J connectivity index is 1.25. The number of methoxy groups -OCH3 is 1. The van der Waals surface area contributed by atoms with Gasteiger partial charge in [0.15, 0.2) is 5.82 Å². The van der Waals surface area contributed by atoms with Crippen LogP contribution in [0, 0.1) is 0 Å². The van der Waals surface area contributed by atoms with Crippen LogP contribution in [0.2, 0.25) is 5.15 Å². The van der Waals surface area contributed by atoms with E-state index in [0.717, 1.165) is 95.0 Å². The van der Waals surface area contributed by atoms with Crippen LogP contribution in [0.5, 0.6) is 0 Å². The highest BCUT2D eigenvalue weighted by Gasteiger charge is 2.31. The summed E-state index contributed by atoms with van der Waals surface area (Å²) in [7, 11) is 3.64. The average molecular weight is 499 g/mol. The van der Waals surface area contributed by atoms with Gasteiger partial charge in [0.1, 0.15) is 17.0 Å². The van der Waals surface area contributed by atoms with E-state index in [1.165, 1.54) is 12.8 Å². The third-order valence-corrected chi connectivity index (χ3v) is 7.88. The van der Waals surface area contributed by atoms with Gasteiger partial charge in [0.25, 0.3) is 0 Å². The average Bonchev–Trinajstić information content (AvgIpc) is 3.52. The van der Waals surface area contributed by atoms with E-state index in [9.17, 15) is 4.79 Å². The van der Waals surface area contributed by atoms with Crippen LogP contribution in [0.3, 0.4) is 0 Å². The highest BCUT2D eigenvalue weighted by atomic mass is 35.5. The number of carbonyl (C=O) groups is 1. The van der Waals surface area contributed by atoms with Crippen LogP contribution in [-0.2, 0) is 16.0 Å². The maximum absolute atomic E-state index is 12.0. The Morgan fingerprint density at radius 2 is 1.83 bits per heavy atom. The molecule has 2 saturated heterocycles. The molecular weight excluding hydrogens is 464 g/mol. The highest BCUT2D eigenvalue weighted by Crippen LogP contribution is 2.34. The van der Waals surface area contributed by atoms with Crippen molar-refractivity contribution in [3.63, 3.8) is 0 Å². The number of aromatic nitrogens is 2. The van der Waals surface area contributed by atoms with E-state index in [1.54, 1.807) is 0 Å². The molecule has 0 radical (unpaired) electrons. The number of carbonyl (C=O) groups excluding carboxylic acids is 1. The number of anilines is 2. The molecule has 3 aliphatic rings. The summed E-state index contributed by atoms with van der Waals surface area (Å²) in [6.07, 6.45) is 3.76. The van der Waals surface area contributed by atoms with Crippen LogP contribution in [0.4, 0.5) is 11.5 Å². The zero-order chi connectivity index (χ0) is 24.4. The lowest BCUT2D eigenvalue weighted by Crippen LogP contribution is -2.44. The molecule has 0 bridgehead atoms. The minimum Gasteiger partial charge on any atom is -0.468 e. The highest BCUT2D eigenvalue weighted by molar-refractivity contribution is 6.30. The van der Waals surface area contributed by atoms with Crippen molar-refractivity contribution in [1.29, 1.82) is 0 Å². The molecule has 8 nitrogen and oxygen atoms in total. The summed E-state index contributed by atoms with van der Waals surface area (Å²) in [5, 5.41) is 0.556. The van der Waals surface area contributed by atoms with Crippen molar-refractivity contribution in [3.8, 4) is 11.4 Å². The van der Waals surface area contributed by atoms with Gasteiger partial charge in [-0.1, -0.05) is 11.6 Å². The minimum atomic E-state index is -0.114. The fourth-order valence-electron chi connectivity index (χ4n) is 5.47. The second-order valence-electron chi connectivity index (χ2n) is 9.79. The van der Waals surface area contributed by atoms with Gasteiger partial charge in [-0.2, -0.15) is 0 Å². The monoisotopic (exact) mass is 498 g/mol. The van der Waals surface area contributed by atoms with E-state index >= 15 is 0 Å². The van der Waals surface area contributed by atoms with Gasteiger partial charge in [-0.25, -0.2) is 9.97 Å². The molecular formula is C26H35ClN6O2. The molecule has 9 heteroatoms. The lowest BCUT2D eigenvalue weighted by Gasteiger charge is -2.34. The number of rotatable bonds is 7. The van der Waals surface area contributed by atoms with Crippen molar-refractivity contribution in [3.05, 3.63) is 35.0 Å². The molecule has 0 spiro atoms. The lowest BCUT2D eigenvalue weighted by atomic mass is 10.1. The molecule has 5 rings (SSSR count). The van der Waals surface area contributed by atoms with Crippen LogP contribution >= 0.6 is 11.6 Å². The van der Waals surface area contributed by atoms with Gasteiger partial charge in [0, 0.05) is 62.6 Å². The minimum absolute atomic E-state index is 0.0944. The predicted molar refractivity (Wildman–Crippen MR) is 139 cm³/mol. The zero-order valence-electron chi connectivity index (χ0n) is 20.7. The van der Waals surface area contributed by atoms with Gasteiger partial charge in [-0.15, -0.1) is 0 Å². The van der Waals surface area contributed by atoms with Crippen molar-refractivity contribution < 1.29 is 9.53 Å². The van der Waals surface area contributed by atoms with Crippen LogP contribution in [0.15, 0.2) is 24.3 Å². The topological polar surface area (TPSA) is 65.0 Å². The Hall–Kier alpha value is -2.42. The molecule has 1 aromatic carbocycles. The van der Waals surface area contributed by atoms with Crippen molar-refractivity contribution in [2.45, 2.75) is 31.7 Å². The molecule has 0 amide bonds. The van der Waals surface area contributed by atoms with Crippen LogP contribution < -0.4 is 9.80 Å². The normalized spacial score (nSPS) is 20.9. The number of esters is 1. The largest absolute Gasteiger partial charge is 0.468 e. The van der Waals surface area contributed by atoms with E-state index in [0.29, 0.717) is 11.0 Å². The summed E-state index contributed by atoms with van der Waals surface area (Å²) in [4.78, 5) is 31.0. The third-order valence-electron chi connectivity index (χ3n) is 7.57. The first-order valence-electron chi connectivity index (χ1n) is 12.7. The van der Waals surface area contributed by atoms with Crippen molar-refractivity contribution >= 4 is 29.1 Å². The molecule has 0 N–H and O–H groups in total. The second kappa shape index (κ2) is 10.7. The van der Waals surface area contributed by atoms with E-state index in [1.807, 2.05) is 0 Å². The maximum atomic E-state index is 12.0. The number of piperazine rings is 1. The quantitative estimate of drug-likeness (QED) is 0.426. The molecule has 0 unspecified atom stereocenters. The predicted octanol–water partition coefficient (Wildman–Crippen LogP) is 2.94. The van der Waals surface area contributed by atoms with Crippen LogP contribution in [-0.4, -0.2) is 98.3 Å². The molecule has 2 aromatic rings. The van der Waals surface area contributed by atoms with Gasteiger partial charge in [-0.3, -0.25) is 9.69 Å². The fraction of sp³-hybridized carbons (Fsp3) is 0.577. The third kappa shape index (κ3) is 5.25. The van der Waals surface area contributed by atoms with Crippen molar-refractivity contribution in [2.24, 2.45) is 0 Å². The summed E-state index contributed by atoms with van der Waals surface area (Å²) in [5.41, 5.74) is 3.26. The van der Waals surface area contributed by atoms with E-state index < -0.39 is 0 Å². The number of likely N-dealkylation sites (N-methyl/N-ethyl adjacent to an activating group) is 1. The standard InChI is InChI=1S/C26H35ClN6O2/c1-30-15-17-31(18-16-30)20-8-6-19(7-9-20)24-28-23(27)21-10-14-33(25(21)29-24)13-4-12-32-11-3-5-22(32)26(34)35-2/h6-9,22H,3-5,10-18H2,1-2H3/t22-/m0/s1. The molecule has 4 heterocycles. The lowest BCUT2D eigenvalue weighted by molar-refractivity contribution is -0.145. The first kappa shape index (κ1) is 24.3.